The number of aryl methyl sites for hydroxylation is 1. The van der Waals surface area contributed by atoms with Crippen molar-refractivity contribution in [2.45, 2.75) is 79.7 Å². The van der Waals surface area contributed by atoms with E-state index in [1.807, 2.05) is 122 Å². The molecule has 1 saturated heterocycles. The first-order valence-corrected chi connectivity index (χ1v) is 20.3. The van der Waals surface area contributed by atoms with Gasteiger partial charge in [0.15, 0.2) is 11.8 Å². The molecular weight excluding hydrogens is 751 g/mol. The van der Waals surface area contributed by atoms with Gasteiger partial charge in [-0.05, 0) is 61.4 Å². The molecule has 4 aromatic carbocycles. The zero-order valence-corrected chi connectivity index (χ0v) is 33.0. The van der Waals surface area contributed by atoms with Gasteiger partial charge < -0.3 is 20.6 Å². The lowest BCUT2D eigenvalue weighted by Gasteiger charge is -2.45. The highest BCUT2D eigenvalue weighted by atomic mass is 32.2. The van der Waals surface area contributed by atoms with Crippen LogP contribution >= 0.6 is 23.1 Å². The number of likely N-dealkylation sites (tertiary alicyclic amines) is 1. The van der Waals surface area contributed by atoms with Gasteiger partial charge in [0.05, 0.1) is 27.4 Å². The number of benzene rings is 4. The van der Waals surface area contributed by atoms with E-state index in [0.717, 1.165) is 43.3 Å². The van der Waals surface area contributed by atoms with Crippen molar-refractivity contribution in [1.29, 1.82) is 0 Å². The third-order valence-corrected chi connectivity index (χ3v) is 13.4. The summed E-state index contributed by atoms with van der Waals surface area (Å²) in [6.45, 7) is 5.05. The monoisotopic (exact) mass is 794 g/mol. The van der Waals surface area contributed by atoms with E-state index in [4.69, 9.17) is 0 Å². The van der Waals surface area contributed by atoms with Gasteiger partial charge in [0, 0.05) is 11.3 Å². The number of carbonyl (C=O) groups is 3. The fourth-order valence-corrected chi connectivity index (χ4v) is 10.0. The molecule has 4 atom stereocenters. The number of carbonyl (C=O) groups excluding carboxylic acids is 3. The van der Waals surface area contributed by atoms with Crippen LogP contribution in [0.15, 0.2) is 121 Å². The Labute approximate surface area is 333 Å². The quantitative estimate of drug-likeness (QED) is 0.109. The number of hydrogen-bond acceptors (Lipinski definition) is 7. The van der Waals surface area contributed by atoms with Gasteiger partial charge in [-0.2, -0.15) is 0 Å². The second kappa shape index (κ2) is 15.9. The average Bonchev–Trinajstić information content (AvgIpc) is 3.71. The number of hydrogen-bond donors (Lipinski definition) is 3. The molecule has 1 saturated carbocycles. The molecule has 3 amide bonds. The summed E-state index contributed by atoms with van der Waals surface area (Å²) in [4.78, 5) is 48.6. The fraction of sp³-hybridized carbons (Fsp3) is 0.318. The zero-order chi connectivity index (χ0) is 39.7. The van der Waals surface area contributed by atoms with Crippen LogP contribution in [-0.2, 0) is 25.7 Å². The molecule has 1 aliphatic heterocycles. The van der Waals surface area contributed by atoms with Crippen molar-refractivity contribution in [3.05, 3.63) is 149 Å². The van der Waals surface area contributed by atoms with E-state index < -0.39 is 63.8 Å². The van der Waals surface area contributed by atoms with Crippen LogP contribution in [0.1, 0.15) is 54.6 Å². The van der Waals surface area contributed by atoms with Crippen molar-refractivity contribution >= 4 is 40.8 Å². The van der Waals surface area contributed by atoms with Crippen LogP contribution in [0.2, 0.25) is 0 Å². The number of β-amino-alcohol motifs (C(OH)–C–C–N with tert-alkyl or cyclic N) is 1. The first-order valence-electron chi connectivity index (χ1n) is 18.6. The molecule has 7 rings (SSSR count). The number of rotatable bonds is 13. The van der Waals surface area contributed by atoms with Crippen molar-refractivity contribution in [3.63, 3.8) is 0 Å². The van der Waals surface area contributed by atoms with Gasteiger partial charge in [0.1, 0.15) is 18.2 Å². The van der Waals surface area contributed by atoms with Crippen molar-refractivity contribution in [2.75, 3.05) is 6.54 Å². The number of amides is 3. The lowest BCUT2D eigenvalue weighted by Crippen LogP contribution is -2.62. The van der Waals surface area contributed by atoms with Gasteiger partial charge in [-0.15, -0.1) is 23.1 Å². The summed E-state index contributed by atoms with van der Waals surface area (Å²) >= 11 is 2.92. The minimum atomic E-state index is -2.13. The Morgan fingerprint density at radius 3 is 1.93 bits per heavy atom. The van der Waals surface area contributed by atoms with Gasteiger partial charge in [-0.25, -0.2) is 13.8 Å². The Morgan fingerprint density at radius 2 is 1.45 bits per heavy atom. The number of nitrogens with zero attached hydrogens (tertiary/aromatic N) is 2. The van der Waals surface area contributed by atoms with Gasteiger partial charge in [0.2, 0.25) is 11.8 Å². The number of thioether (sulfide) groups is 1. The molecule has 2 aliphatic rings. The first kappa shape index (κ1) is 39.3. The molecular formula is C44H44F2N4O4S2. The maximum atomic E-state index is 15.9. The number of aromatic nitrogens is 1. The van der Waals surface area contributed by atoms with E-state index in [1.165, 1.54) is 23.1 Å². The highest BCUT2D eigenvalue weighted by Crippen LogP contribution is 2.54. The molecule has 12 heteroatoms. The summed E-state index contributed by atoms with van der Waals surface area (Å²) in [6.07, 6.45) is -3.73. The van der Waals surface area contributed by atoms with E-state index in [-0.39, 0.29) is 19.4 Å². The highest BCUT2D eigenvalue weighted by molar-refractivity contribution is 8.02. The predicted molar refractivity (Wildman–Crippen MR) is 216 cm³/mol. The Kier molecular flexibility index (Phi) is 11.2. The second-order valence-electron chi connectivity index (χ2n) is 15.0. The van der Waals surface area contributed by atoms with Gasteiger partial charge in [-0.3, -0.25) is 14.4 Å². The first-order chi connectivity index (χ1) is 26.8. The van der Waals surface area contributed by atoms with E-state index >= 15 is 8.78 Å². The number of alkyl halides is 2. The molecule has 0 bridgehead atoms. The van der Waals surface area contributed by atoms with Crippen LogP contribution in [0.5, 0.6) is 0 Å². The van der Waals surface area contributed by atoms with Crippen molar-refractivity contribution < 1.29 is 28.3 Å². The SMILES string of the molecule is Cc1ncsc1-c1ccc(CNC(=O)[C@@H]2[C@@H](F)[C@@H](O)CN2C(=O)[C@@H](NC(=O)C2(F)CC2)C(C)(C)SC(c2ccccc2)(c2ccccc2)c2ccccc2)cc1. The number of nitrogens with one attached hydrogen (secondary N) is 2. The van der Waals surface area contributed by atoms with E-state index in [1.54, 1.807) is 19.4 Å². The molecule has 8 nitrogen and oxygen atoms in total. The number of aliphatic hydroxyl groups excluding tert-OH is 1. The smallest absolute Gasteiger partial charge is 0.258 e. The fourth-order valence-electron chi connectivity index (χ4n) is 7.40. The second-order valence-corrected chi connectivity index (χ2v) is 17.7. The Morgan fingerprint density at radius 1 is 0.911 bits per heavy atom. The molecule has 5 aromatic rings. The largest absolute Gasteiger partial charge is 0.388 e. The molecule has 0 radical (unpaired) electrons. The Balaban J connectivity index is 1.22. The van der Waals surface area contributed by atoms with Crippen LogP contribution in [0.4, 0.5) is 8.78 Å². The third-order valence-electron chi connectivity index (χ3n) is 10.6. The molecule has 56 heavy (non-hydrogen) atoms. The standard InChI is InChI=1S/C44H44F2N4O4S2/c1-28-37(55-27-48-28)30-21-19-29(20-22-30)25-47-39(52)36-35(45)34(51)26-50(36)40(53)38(49-41(54)43(46)23-24-43)42(2,3)56-44(31-13-7-4-8-14-31,32-15-9-5-10-16-32)33-17-11-6-12-18-33/h4-22,27,34-36,38,51H,23-26H2,1-3H3,(H,47,52)(H,49,54)/t34-,35-,36-,38+/m0/s1. The van der Waals surface area contributed by atoms with Gasteiger partial charge in [-0.1, -0.05) is 115 Å². The number of aliphatic hydroxyl groups is 1. The lowest BCUT2D eigenvalue weighted by atomic mass is 9.84. The minimum absolute atomic E-state index is 0.0140. The molecule has 0 unspecified atom stereocenters. The molecule has 2 fully saturated rings. The van der Waals surface area contributed by atoms with Crippen LogP contribution in [0.3, 0.4) is 0 Å². The Bertz CT molecular complexity index is 2070. The zero-order valence-electron chi connectivity index (χ0n) is 31.3. The molecule has 0 spiro atoms. The average molecular weight is 795 g/mol. The van der Waals surface area contributed by atoms with Crippen molar-refractivity contribution in [3.8, 4) is 10.4 Å². The highest BCUT2D eigenvalue weighted by Gasteiger charge is 2.57. The maximum absolute atomic E-state index is 15.9. The molecule has 1 aliphatic carbocycles. The summed E-state index contributed by atoms with van der Waals surface area (Å²) in [5.41, 5.74) is 4.96. The number of thiazole rings is 1. The predicted octanol–water partition coefficient (Wildman–Crippen LogP) is 7.14. The van der Waals surface area contributed by atoms with Crippen LogP contribution in [-0.4, -0.2) is 74.0 Å². The summed E-state index contributed by atoms with van der Waals surface area (Å²) in [5.74, 6) is -2.53. The van der Waals surface area contributed by atoms with E-state index in [9.17, 15) is 19.5 Å². The lowest BCUT2D eigenvalue weighted by molar-refractivity contribution is -0.143. The molecule has 2 heterocycles. The summed E-state index contributed by atoms with van der Waals surface area (Å²) < 4.78 is 29.1. The minimum Gasteiger partial charge on any atom is -0.388 e. The van der Waals surface area contributed by atoms with Gasteiger partial charge in [0.25, 0.3) is 5.91 Å². The van der Waals surface area contributed by atoms with Crippen LogP contribution in [0, 0.1) is 6.92 Å². The van der Waals surface area contributed by atoms with E-state index in [2.05, 4.69) is 15.6 Å². The van der Waals surface area contributed by atoms with E-state index in [0.29, 0.717) is 0 Å². The van der Waals surface area contributed by atoms with Crippen LogP contribution < -0.4 is 10.6 Å². The third kappa shape index (κ3) is 7.74. The Hall–Kier alpha value is -4.91. The number of halogens is 2. The van der Waals surface area contributed by atoms with Crippen LogP contribution in [0.25, 0.3) is 10.4 Å². The normalized spacial score (nSPS) is 19.6. The molecule has 290 valence electrons. The summed E-state index contributed by atoms with van der Waals surface area (Å²) in [6, 6.07) is 33.7. The summed E-state index contributed by atoms with van der Waals surface area (Å²) in [7, 11) is 0. The topological polar surface area (TPSA) is 112 Å². The molecule has 1 aromatic heterocycles. The molecule has 3 N–H and O–H groups in total. The van der Waals surface area contributed by atoms with Crippen molar-refractivity contribution in [1.82, 2.24) is 20.5 Å². The maximum Gasteiger partial charge on any atom is 0.258 e. The van der Waals surface area contributed by atoms with Crippen molar-refractivity contribution in [2.24, 2.45) is 0 Å². The van der Waals surface area contributed by atoms with Gasteiger partial charge >= 0.3 is 0 Å². The summed E-state index contributed by atoms with van der Waals surface area (Å²) in [5, 5.41) is 16.3.